The molecule has 3 atom stereocenters. The van der Waals surface area contributed by atoms with Crippen LogP contribution in [0.15, 0.2) is 18.2 Å². The minimum Gasteiger partial charge on any atom is -0.494 e. The molecule has 0 bridgehead atoms. The van der Waals surface area contributed by atoms with E-state index in [0.717, 1.165) is 30.2 Å². The number of nitrogens with zero attached hydrogens (tertiary/aromatic N) is 1. The molecule has 1 fully saturated rings. The summed E-state index contributed by atoms with van der Waals surface area (Å²) in [6, 6.07) is 7.58. The van der Waals surface area contributed by atoms with Gasteiger partial charge in [0, 0.05) is 6.04 Å². The molecule has 1 saturated carbocycles. The average molecular weight is 301 g/mol. The quantitative estimate of drug-likeness (QED) is 0.786. The Kier molecular flexibility index (Phi) is 5.07. The van der Waals surface area contributed by atoms with E-state index in [9.17, 15) is 0 Å². The van der Waals surface area contributed by atoms with Crippen LogP contribution in [0.3, 0.4) is 0 Å². The molecule has 0 radical (unpaired) electrons. The lowest BCUT2D eigenvalue weighted by atomic mass is 9.65. The molecule has 0 N–H and O–H groups in total. The average Bonchev–Trinajstić information content (AvgIpc) is 2.55. The van der Waals surface area contributed by atoms with Crippen molar-refractivity contribution in [3.63, 3.8) is 0 Å². The fourth-order valence-electron chi connectivity index (χ4n) is 4.74. The van der Waals surface area contributed by atoms with Crippen molar-refractivity contribution in [2.75, 3.05) is 20.2 Å². The predicted octanol–water partition coefficient (Wildman–Crippen LogP) is 4.63. The van der Waals surface area contributed by atoms with Gasteiger partial charge in [-0.25, -0.2) is 0 Å². The van der Waals surface area contributed by atoms with E-state index >= 15 is 0 Å². The smallest absolute Gasteiger partial charge is 0.119 e. The number of fused-ring (bicyclic) bond motifs is 3. The molecule has 0 spiro atoms. The Morgan fingerprint density at radius 3 is 2.77 bits per heavy atom. The predicted molar refractivity (Wildman–Crippen MR) is 92.7 cm³/mol. The van der Waals surface area contributed by atoms with Crippen LogP contribution < -0.4 is 4.74 Å². The molecular weight excluding hydrogens is 270 g/mol. The Hall–Kier alpha value is -1.02. The Bertz CT molecular complexity index is 498. The number of likely N-dealkylation sites (N-methyl/N-ethyl adjacent to an activating group) is 1. The highest BCUT2D eigenvalue weighted by molar-refractivity contribution is 5.41. The topological polar surface area (TPSA) is 12.5 Å². The number of hydrogen-bond donors (Lipinski definition) is 0. The third-order valence-corrected chi connectivity index (χ3v) is 5.71. The van der Waals surface area contributed by atoms with Gasteiger partial charge < -0.3 is 9.64 Å². The second-order valence-corrected chi connectivity index (χ2v) is 7.10. The van der Waals surface area contributed by atoms with Crippen molar-refractivity contribution in [2.45, 2.75) is 64.3 Å². The monoisotopic (exact) mass is 301 g/mol. The van der Waals surface area contributed by atoms with E-state index in [1.54, 1.807) is 11.1 Å². The lowest BCUT2D eigenvalue weighted by Gasteiger charge is -2.46. The molecule has 122 valence electrons. The molecule has 0 amide bonds. The van der Waals surface area contributed by atoms with Crippen LogP contribution in [0.1, 0.15) is 63.0 Å². The molecule has 2 aliphatic rings. The van der Waals surface area contributed by atoms with Crippen LogP contribution in [0.4, 0.5) is 0 Å². The Labute approximate surface area is 135 Å². The van der Waals surface area contributed by atoms with Crippen LogP contribution in [0.25, 0.3) is 0 Å². The normalized spacial score (nSPS) is 27.4. The van der Waals surface area contributed by atoms with Crippen molar-refractivity contribution in [3.05, 3.63) is 29.3 Å². The van der Waals surface area contributed by atoms with Gasteiger partial charge in [0.05, 0.1) is 6.61 Å². The maximum Gasteiger partial charge on any atom is 0.119 e. The third-order valence-electron chi connectivity index (χ3n) is 5.71. The summed E-state index contributed by atoms with van der Waals surface area (Å²) >= 11 is 0. The van der Waals surface area contributed by atoms with Crippen molar-refractivity contribution in [1.82, 2.24) is 4.90 Å². The second kappa shape index (κ2) is 7.04. The van der Waals surface area contributed by atoms with Crippen LogP contribution in [0, 0.1) is 5.92 Å². The van der Waals surface area contributed by atoms with E-state index < -0.39 is 0 Å². The lowest BCUT2D eigenvalue weighted by molar-refractivity contribution is 0.115. The van der Waals surface area contributed by atoms with Gasteiger partial charge in [-0.15, -0.1) is 0 Å². The first-order valence-electron chi connectivity index (χ1n) is 9.20. The van der Waals surface area contributed by atoms with Gasteiger partial charge >= 0.3 is 0 Å². The third kappa shape index (κ3) is 3.03. The van der Waals surface area contributed by atoms with E-state index in [0.29, 0.717) is 0 Å². The van der Waals surface area contributed by atoms with Crippen molar-refractivity contribution in [1.29, 1.82) is 0 Å². The molecule has 2 unspecified atom stereocenters. The second-order valence-electron chi connectivity index (χ2n) is 7.10. The van der Waals surface area contributed by atoms with E-state index in [1.807, 2.05) is 0 Å². The largest absolute Gasteiger partial charge is 0.494 e. The first kappa shape index (κ1) is 15.9. The van der Waals surface area contributed by atoms with Gasteiger partial charge in [0.15, 0.2) is 0 Å². The molecule has 0 heterocycles. The van der Waals surface area contributed by atoms with E-state index in [4.69, 9.17) is 4.74 Å². The lowest BCUT2D eigenvalue weighted by Crippen LogP contribution is -2.46. The number of hydrogen-bond acceptors (Lipinski definition) is 2. The minimum atomic E-state index is 0.732. The SMILES string of the molecule is CCCN(C)[C@H]1Cc2ccc(OCC)cc2C2CCCCC21. The van der Waals surface area contributed by atoms with Crippen molar-refractivity contribution in [3.8, 4) is 5.75 Å². The van der Waals surface area contributed by atoms with Gasteiger partial charge in [0.2, 0.25) is 0 Å². The highest BCUT2D eigenvalue weighted by atomic mass is 16.5. The zero-order valence-electron chi connectivity index (χ0n) is 14.5. The van der Waals surface area contributed by atoms with Crippen molar-refractivity contribution in [2.24, 2.45) is 5.92 Å². The highest BCUT2D eigenvalue weighted by Crippen LogP contribution is 2.47. The van der Waals surface area contributed by atoms with Crippen LogP contribution in [0.2, 0.25) is 0 Å². The maximum atomic E-state index is 5.75. The van der Waals surface area contributed by atoms with Crippen molar-refractivity contribution >= 4 is 0 Å². The fraction of sp³-hybridized carbons (Fsp3) is 0.700. The molecule has 3 rings (SSSR count). The highest BCUT2D eigenvalue weighted by Gasteiger charge is 2.39. The summed E-state index contributed by atoms with van der Waals surface area (Å²) in [6.45, 7) is 6.34. The van der Waals surface area contributed by atoms with Gasteiger partial charge in [0.1, 0.15) is 5.75 Å². The van der Waals surface area contributed by atoms with Crippen LogP contribution in [0.5, 0.6) is 5.75 Å². The molecule has 2 heteroatoms. The minimum absolute atomic E-state index is 0.732. The summed E-state index contributed by atoms with van der Waals surface area (Å²) in [7, 11) is 2.33. The molecule has 0 saturated heterocycles. The van der Waals surface area contributed by atoms with Gasteiger partial charge in [-0.2, -0.15) is 0 Å². The number of ether oxygens (including phenoxy) is 1. The fourth-order valence-corrected chi connectivity index (χ4v) is 4.74. The summed E-state index contributed by atoms with van der Waals surface area (Å²) in [5.74, 6) is 2.66. The van der Waals surface area contributed by atoms with Gasteiger partial charge in [0.25, 0.3) is 0 Å². The van der Waals surface area contributed by atoms with Gasteiger partial charge in [-0.05, 0) is 81.3 Å². The molecule has 1 aromatic rings. The Balaban J connectivity index is 1.91. The molecule has 0 aromatic heterocycles. The summed E-state index contributed by atoms with van der Waals surface area (Å²) in [4.78, 5) is 2.63. The standard InChI is InChI=1S/C20H31NO/c1-4-12-21(3)20-13-15-10-11-16(22-5-2)14-19(15)17-8-6-7-9-18(17)20/h10-11,14,17-18,20H,4-9,12-13H2,1-3H3/t17?,18?,20-/m0/s1. The number of benzene rings is 1. The molecular formula is C20H31NO. The van der Waals surface area contributed by atoms with Crippen molar-refractivity contribution < 1.29 is 4.74 Å². The summed E-state index contributed by atoms with van der Waals surface area (Å²) in [6.07, 6.45) is 8.05. The first-order valence-corrected chi connectivity index (χ1v) is 9.20. The number of rotatable bonds is 5. The molecule has 1 aromatic carbocycles. The van der Waals surface area contributed by atoms with E-state index in [1.165, 1.54) is 45.1 Å². The first-order chi connectivity index (χ1) is 10.7. The molecule has 0 aliphatic heterocycles. The maximum absolute atomic E-state index is 5.75. The van der Waals surface area contributed by atoms with E-state index in [2.05, 4.69) is 44.0 Å². The zero-order valence-corrected chi connectivity index (χ0v) is 14.5. The summed E-state index contributed by atoms with van der Waals surface area (Å²) < 4.78 is 5.75. The Morgan fingerprint density at radius 1 is 1.18 bits per heavy atom. The summed E-state index contributed by atoms with van der Waals surface area (Å²) in [5, 5.41) is 0. The molecule has 2 aliphatic carbocycles. The molecule has 22 heavy (non-hydrogen) atoms. The summed E-state index contributed by atoms with van der Waals surface area (Å²) in [5.41, 5.74) is 3.16. The Morgan fingerprint density at radius 2 is 2.00 bits per heavy atom. The van der Waals surface area contributed by atoms with Gasteiger partial charge in [-0.1, -0.05) is 25.8 Å². The zero-order chi connectivity index (χ0) is 15.5. The van der Waals surface area contributed by atoms with Crippen LogP contribution in [-0.4, -0.2) is 31.1 Å². The van der Waals surface area contributed by atoms with E-state index in [-0.39, 0.29) is 0 Å². The van der Waals surface area contributed by atoms with Crippen LogP contribution in [-0.2, 0) is 6.42 Å². The molecule has 2 nitrogen and oxygen atoms in total. The van der Waals surface area contributed by atoms with Gasteiger partial charge in [-0.3, -0.25) is 0 Å². The van der Waals surface area contributed by atoms with Crippen LogP contribution >= 0.6 is 0 Å².